The molecule has 114 valence electrons. The fraction of sp³-hybridized carbons (Fsp3) is 0.588. The average Bonchev–Trinajstić information content (AvgIpc) is 2.54. The third-order valence-electron chi connectivity index (χ3n) is 4.01. The van der Waals surface area contributed by atoms with Crippen LogP contribution < -0.4 is 0 Å². The molecule has 4 nitrogen and oxygen atoms in total. The topological polar surface area (TPSA) is 56.5 Å². The largest absolute Gasteiger partial charge is 0.388 e. The predicted molar refractivity (Wildman–Crippen MR) is 81.7 cm³/mol. The lowest BCUT2D eigenvalue weighted by Gasteiger charge is -2.36. The number of rotatable bonds is 7. The zero-order chi connectivity index (χ0) is 14.9. The molecule has 1 heterocycles. The van der Waals surface area contributed by atoms with Gasteiger partial charge in [0.1, 0.15) is 0 Å². The van der Waals surface area contributed by atoms with Gasteiger partial charge in [0.15, 0.2) is 0 Å². The van der Waals surface area contributed by atoms with Gasteiger partial charge >= 0.3 is 0 Å². The van der Waals surface area contributed by atoms with E-state index in [1.807, 2.05) is 30.3 Å². The first-order valence-electron chi connectivity index (χ1n) is 7.73. The highest BCUT2D eigenvalue weighted by atomic mass is 16.5. The number of aliphatic hydroxyl groups is 1. The molecule has 0 aromatic heterocycles. The van der Waals surface area contributed by atoms with Crippen molar-refractivity contribution in [3.05, 3.63) is 35.9 Å². The number of ether oxygens (including phenoxy) is 1. The van der Waals surface area contributed by atoms with Gasteiger partial charge in [-0.05, 0) is 31.4 Å². The van der Waals surface area contributed by atoms with Crippen molar-refractivity contribution in [2.75, 3.05) is 26.3 Å². The van der Waals surface area contributed by atoms with Crippen molar-refractivity contribution in [3.63, 3.8) is 0 Å². The van der Waals surface area contributed by atoms with E-state index in [2.05, 4.69) is 11.0 Å². The van der Waals surface area contributed by atoms with Gasteiger partial charge in [0.25, 0.3) is 0 Å². The molecule has 0 spiro atoms. The molecular formula is C17H24N2O2. The van der Waals surface area contributed by atoms with Gasteiger partial charge in [-0.3, -0.25) is 4.90 Å². The maximum Gasteiger partial charge on any atom is 0.0805 e. The van der Waals surface area contributed by atoms with Gasteiger partial charge in [-0.15, -0.1) is 0 Å². The van der Waals surface area contributed by atoms with Gasteiger partial charge in [-0.2, -0.15) is 5.26 Å². The quantitative estimate of drug-likeness (QED) is 0.783. The number of unbranched alkanes of at least 4 members (excludes halogenated alkanes) is 2. The van der Waals surface area contributed by atoms with Crippen LogP contribution in [0.25, 0.3) is 0 Å². The summed E-state index contributed by atoms with van der Waals surface area (Å²) in [5.74, 6) is 0. The minimum atomic E-state index is -0.445. The van der Waals surface area contributed by atoms with Crippen LogP contribution in [0.3, 0.4) is 0 Å². The maximum absolute atomic E-state index is 10.4. The van der Waals surface area contributed by atoms with Gasteiger partial charge in [0, 0.05) is 19.0 Å². The fourth-order valence-electron chi connectivity index (χ4n) is 2.79. The van der Waals surface area contributed by atoms with Crippen LogP contribution in [0.1, 0.15) is 37.4 Å². The van der Waals surface area contributed by atoms with Crippen molar-refractivity contribution < 1.29 is 9.84 Å². The molecule has 1 fully saturated rings. The van der Waals surface area contributed by atoms with Crippen LogP contribution in [0.5, 0.6) is 0 Å². The van der Waals surface area contributed by atoms with Gasteiger partial charge in [0.05, 0.1) is 25.4 Å². The molecule has 1 aliphatic rings. The van der Waals surface area contributed by atoms with Crippen molar-refractivity contribution in [1.29, 1.82) is 5.26 Å². The van der Waals surface area contributed by atoms with E-state index in [9.17, 15) is 5.11 Å². The van der Waals surface area contributed by atoms with Crippen LogP contribution in [0, 0.1) is 11.3 Å². The highest BCUT2D eigenvalue weighted by molar-refractivity contribution is 5.17. The van der Waals surface area contributed by atoms with E-state index in [4.69, 9.17) is 10.00 Å². The Labute approximate surface area is 127 Å². The number of aliphatic hydroxyl groups excluding tert-OH is 1. The van der Waals surface area contributed by atoms with E-state index in [0.29, 0.717) is 19.4 Å². The van der Waals surface area contributed by atoms with Gasteiger partial charge in [-0.25, -0.2) is 0 Å². The molecule has 0 bridgehead atoms. The van der Waals surface area contributed by atoms with E-state index in [1.165, 1.54) is 0 Å². The van der Waals surface area contributed by atoms with Crippen LogP contribution in [-0.2, 0) is 4.74 Å². The SMILES string of the molecule is N#CCCCCN1CCOCC1CC(O)c1ccccc1. The lowest BCUT2D eigenvalue weighted by atomic mass is 10.0. The molecule has 4 heteroatoms. The van der Waals surface area contributed by atoms with Crippen molar-refractivity contribution in [2.45, 2.75) is 37.8 Å². The predicted octanol–water partition coefficient (Wildman–Crippen LogP) is 2.50. The monoisotopic (exact) mass is 288 g/mol. The normalized spacial score (nSPS) is 20.9. The zero-order valence-electron chi connectivity index (χ0n) is 12.4. The highest BCUT2D eigenvalue weighted by Gasteiger charge is 2.25. The Morgan fingerprint density at radius 1 is 1.33 bits per heavy atom. The smallest absolute Gasteiger partial charge is 0.0805 e. The Morgan fingerprint density at radius 3 is 2.90 bits per heavy atom. The molecule has 1 aromatic carbocycles. The van der Waals surface area contributed by atoms with Gasteiger partial charge in [0.2, 0.25) is 0 Å². The molecule has 0 amide bonds. The first kappa shape index (κ1) is 16.0. The highest BCUT2D eigenvalue weighted by Crippen LogP contribution is 2.22. The molecule has 1 aliphatic heterocycles. The van der Waals surface area contributed by atoms with Crippen LogP contribution in [0.15, 0.2) is 30.3 Å². The standard InChI is InChI=1S/C17H24N2O2/c18-9-5-2-6-10-19-11-12-21-14-16(19)13-17(20)15-7-3-1-4-8-15/h1,3-4,7-8,16-17,20H,2,5-6,10-14H2. The summed E-state index contributed by atoms with van der Waals surface area (Å²) < 4.78 is 5.57. The Bertz CT molecular complexity index is 444. The summed E-state index contributed by atoms with van der Waals surface area (Å²) in [5.41, 5.74) is 0.965. The lowest BCUT2D eigenvalue weighted by Crippen LogP contribution is -2.46. The lowest BCUT2D eigenvalue weighted by molar-refractivity contribution is -0.0265. The van der Waals surface area contributed by atoms with Gasteiger partial charge < -0.3 is 9.84 Å². The molecule has 2 atom stereocenters. The van der Waals surface area contributed by atoms with Crippen molar-refractivity contribution in [3.8, 4) is 6.07 Å². The molecule has 0 aliphatic carbocycles. The molecule has 1 N–H and O–H groups in total. The second-order valence-electron chi connectivity index (χ2n) is 5.54. The molecule has 0 radical (unpaired) electrons. The molecule has 0 saturated carbocycles. The summed E-state index contributed by atoms with van der Waals surface area (Å²) in [5, 5.41) is 19.0. The molecular weight excluding hydrogens is 264 g/mol. The van der Waals surface area contributed by atoms with E-state index < -0.39 is 6.10 Å². The minimum Gasteiger partial charge on any atom is -0.388 e. The van der Waals surface area contributed by atoms with Crippen LogP contribution >= 0.6 is 0 Å². The summed E-state index contributed by atoms with van der Waals surface area (Å²) >= 11 is 0. The van der Waals surface area contributed by atoms with Crippen LogP contribution in [-0.4, -0.2) is 42.4 Å². The third kappa shape index (κ3) is 5.13. The second kappa shape index (κ2) is 8.78. The Balaban J connectivity index is 1.85. The number of morpholine rings is 1. The zero-order valence-corrected chi connectivity index (χ0v) is 12.4. The number of hydrogen-bond acceptors (Lipinski definition) is 4. The summed E-state index contributed by atoms with van der Waals surface area (Å²) in [6.45, 7) is 3.34. The maximum atomic E-state index is 10.4. The third-order valence-corrected chi connectivity index (χ3v) is 4.01. The number of hydrogen-bond donors (Lipinski definition) is 1. The average molecular weight is 288 g/mol. The molecule has 1 aromatic rings. The van der Waals surface area contributed by atoms with E-state index in [1.54, 1.807) is 0 Å². The van der Waals surface area contributed by atoms with Crippen molar-refractivity contribution >= 4 is 0 Å². The van der Waals surface area contributed by atoms with E-state index in [0.717, 1.165) is 38.1 Å². The molecule has 2 unspecified atom stereocenters. The first-order valence-corrected chi connectivity index (χ1v) is 7.73. The van der Waals surface area contributed by atoms with Gasteiger partial charge in [-0.1, -0.05) is 30.3 Å². The fourth-order valence-corrected chi connectivity index (χ4v) is 2.79. The van der Waals surface area contributed by atoms with E-state index in [-0.39, 0.29) is 6.04 Å². The number of nitrogens with zero attached hydrogens (tertiary/aromatic N) is 2. The van der Waals surface area contributed by atoms with Crippen LogP contribution in [0.4, 0.5) is 0 Å². The Morgan fingerprint density at radius 2 is 2.14 bits per heavy atom. The minimum absolute atomic E-state index is 0.260. The molecule has 2 rings (SSSR count). The summed E-state index contributed by atoms with van der Waals surface area (Å²) in [6, 6.07) is 12.2. The van der Waals surface area contributed by atoms with Crippen molar-refractivity contribution in [2.24, 2.45) is 0 Å². The summed E-state index contributed by atoms with van der Waals surface area (Å²) in [6.07, 6.45) is 2.86. The molecule has 1 saturated heterocycles. The Kier molecular flexibility index (Phi) is 6.68. The second-order valence-corrected chi connectivity index (χ2v) is 5.54. The summed E-state index contributed by atoms with van der Waals surface area (Å²) in [4.78, 5) is 2.40. The number of benzene rings is 1. The van der Waals surface area contributed by atoms with Crippen LogP contribution in [0.2, 0.25) is 0 Å². The van der Waals surface area contributed by atoms with E-state index >= 15 is 0 Å². The Hall–Kier alpha value is -1.41. The first-order chi connectivity index (χ1) is 10.3. The summed E-state index contributed by atoms with van der Waals surface area (Å²) in [7, 11) is 0. The number of nitriles is 1. The van der Waals surface area contributed by atoms with Crippen molar-refractivity contribution in [1.82, 2.24) is 4.90 Å². The molecule has 21 heavy (non-hydrogen) atoms.